The molecule has 1 aliphatic rings. The van der Waals surface area contributed by atoms with Crippen LogP contribution >= 0.6 is 0 Å². The highest BCUT2D eigenvalue weighted by atomic mass is 16.4. The SMILES string of the molecule is N#CC1=C(C#N)C(C#N)C(C(=O)O)=C1C#N. The maximum atomic E-state index is 10.9. The Morgan fingerprint density at radius 3 is 1.94 bits per heavy atom. The summed E-state index contributed by atoms with van der Waals surface area (Å²) in [6.07, 6.45) is 0. The molecule has 1 atom stereocenters. The molecule has 6 heteroatoms. The molecular formula is C10H2N4O2. The van der Waals surface area contributed by atoms with E-state index in [1.54, 1.807) is 24.3 Å². The smallest absolute Gasteiger partial charge is 0.334 e. The van der Waals surface area contributed by atoms with Gasteiger partial charge in [0.15, 0.2) is 0 Å². The minimum Gasteiger partial charge on any atom is -0.478 e. The molecule has 0 saturated heterocycles. The van der Waals surface area contributed by atoms with Gasteiger partial charge in [0.25, 0.3) is 0 Å². The second kappa shape index (κ2) is 3.96. The Labute approximate surface area is 90.2 Å². The summed E-state index contributed by atoms with van der Waals surface area (Å²) in [6.45, 7) is 0. The van der Waals surface area contributed by atoms with E-state index in [0.29, 0.717) is 0 Å². The molecule has 0 spiro atoms. The fourth-order valence-electron chi connectivity index (χ4n) is 1.41. The van der Waals surface area contributed by atoms with Gasteiger partial charge in [0.1, 0.15) is 18.1 Å². The molecule has 0 radical (unpaired) electrons. The average molecular weight is 210 g/mol. The van der Waals surface area contributed by atoms with Gasteiger partial charge >= 0.3 is 5.97 Å². The molecule has 0 amide bonds. The van der Waals surface area contributed by atoms with Gasteiger partial charge in [-0.15, -0.1) is 0 Å². The molecule has 0 aromatic carbocycles. The zero-order valence-corrected chi connectivity index (χ0v) is 7.72. The average Bonchev–Trinajstić information content (AvgIpc) is 2.60. The lowest BCUT2D eigenvalue weighted by molar-refractivity contribution is -0.132. The lowest BCUT2D eigenvalue weighted by Gasteiger charge is -2.00. The van der Waals surface area contributed by atoms with Gasteiger partial charge in [-0.3, -0.25) is 0 Å². The van der Waals surface area contributed by atoms with Gasteiger partial charge in [-0.1, -0.05) is 0 Å². The molecule has 1 unspecified atom stereocenters. The van der Waals surface area contributed by atoms with Crippen LogP contribution in [0.1, 0.15) is 0 Å². The highest BCUT2D eigenvalue weighted by Gasteiger charge is 2.38. The van der Waals surface area contributed by atoms with E-state index < -0.39 is 23.0 Å². The van der Waals surface area contributed by atoms with Crippen molar-refractivity contribution in [2.75, 3.05) is 0 Å². The van der Waals surface area contributed by atoms with E-state index in [4.69, 9.17) is 26.2 Å². The topological polar surface area (TPSA) is 132 Å². The van der Waals surface area contributed by atoms with E-state index in [9.17, 15) is 4.79 Å². The number of carboxylic acid groups (broad SMARTS) is 1. The van der Waals surface area contributed by atoms with E-state index in [1.165, 1.54) is 0 Å². The summed E-state index contributed by atoms with van der Waals surface area (Å²) in [6, 6.07) is 6.32. The summed E-state index contributed by atoms with van der Waals surface area (Å²) in [7, 11) is 0. The number of allylic oxidation sites excluding steroid dienone is 3. The van der Waals surface area contributed by atoms with Crippen LogP contribution in [-0.2, 0) is 4.79 Å². The van der Waals surface area contributed by atoms with Crippen LogP contribution < -0.4 is 0 Å². The normalized spacial score (nSPS) is 18.4. The van der Waals surface area contributed by atoms with E-state index >= 15 is 0 Å². The molecule has 6 nitrogen and oxygen atoms in total. The maximum absolute atomic E-state index is 10.9. The van der Waals surface area contributed by atoms with Crippen molar-refractivity contribution in [2.24, 2.45) is 5.92 Å². The Morgan fingerprint density at radius 2 is 1.62 bits per heavy atom. The summed E-state index contributed by atoms with van der Waals surface area (Å²) in [5.41, 5.74) is -1.51. The first kappa shape index (κ1) is 11.0. The molecule has 0 aromatic rings. The van der Waals surface area contributed by atoms with Gasteiger partial charge < -0.3 is 5.11 Å². The zero-order valence-electron chi connectivity index (χ0n) is 7.72. The zero-order chi connectivity index (χ0) is 12.3. The summed E-state index contributed by atoms with van der Waals surface area (Å²) in [5, 5.41) is 43.8. The number of carboxylic acids is 1. The first-order valence-electron chi connectivity index (χ1n) is 3.94. The van der Waals surface area contributed by atoms with Crippen molar-refractivity contribution in [1.29, 1.82) is 21.0 Å². The molecule has 1 N–H and O–H groups in total. The van der Waals surface area contributed by atoms with Crippen molar-refractivity contribution in [3.05, 3.63) is 22.3 Å². The number of nitriles is 4. The van der Waals surface area contributed by atoms with Crippen molar-refractivity contribution in [3.8, 4) is 24.3 Å². The number of carbonyl (C=O) groups is 1. The van der Waals surface area contributed by atoms with Gasteiger partial charge in [0.2, 0.25) is 0 Å². The van der Waals surface area contributed by atoms with Crippen molar-refractivity contribution in [1.82, 2.24) is 0 Å². The van der Waals surface area contributed by atoms with Gasteiger partial charge in [0.05, 0.1) is 34.4 Å². The number of aliphatic carboxylic acids is 1. The second-order valence-corrected chi connectivity index (χ2v) is 2.78. The molecule has 0 aliphatic heterocycles. The lowest BCUT2D eigenvalue weighted by Crippen LogP contribution is -2.10. The van der Waals surface area contributed by atoms with Crippen LogP contribution in [0.3, 0.4) is 0 Å². The van der Waals surface area contributed by atoms with Crippen LogP contribution in [0.25, 0.3) is 0 Å². The van der Waals surface area contributed by atoms with Gasteiger partial charge in [-0.2, -0.15) is 21.0 Å². The Hall–Kier alpha value is -3.09. The van der Waals surface area contributed by atoms with Crippen LogP contribution in [0.15, 0.2) is 22.3 Å². The molecule has 1 aliphatic carbocycles. The number of nitrogens with zero attached hydrogens (tertiary/aromatic N) is 4. The van der Waals surface area contributed by atoms with Crippen LogP contribution in [0.5, 0.6) is 0 Å². The van der Waals surface area contributed by atoms with E-state index in [2.05, 4.69) is 0 Å². The minimum absolute atomic E-state index is 0.279. The summed E-state index contributed by atoms with van der Waals surface area (Å²) in [4.78, 5) is 10.9. The fourth-order valence-corrected chi connectivity index (χ4v) is 1.41. The van der Waals surface area contributed by atoms with E-state index in [-0.39, 0.29) is 11.1 Å². The van der Waals surface area contributed by atoms with Crippen LogP contribution in [-0.4, -0.2) is 11.1 Å². The van der Waals surface area contributed by atoms with Crippen LogP contribution in [0.4, 0.5) is 0 Å². The van der Waals surface area contributed by atoms with Crippen LogP contribution in [0, 0.1) is 51.2 Å². The Kier molecular flexibility index (Phi) is 2.72. The third-order valence-electron chi connectivity index (χ3n) is 2.07. The highest BCUT2D eigenvalue weighted by molar-refractivity contribution is 5.95. The van der Waals surface area contributed by atoms with Crippen molar-refractivity contribution >= 4 is 5.97 Å². The fraction of sp³-hybridized carbons (Fsp3) is 0.100. The quantitative estimate of drug-likeness (QED) is 0.665. The van der Waals surface area contributed by atoms with Crippen LogP contribution in [0.2, 0.25) is 0 Å². The first-order valence-corrected chi connectivity index (χ1v) is 3.94. The molecule has 0 heterocycles. The summed E-state index contributed by atoms with van der Waals surface area (Å²) >= 11 is 0. The molecule has 0 fully saturated rings. The highest BCUT2D eigenvalue weighted by Crippen LogP contribution is 2.36. The standard InChI is InChI=1S/C10H2N4O2/c11-1-5-6(2-12)8(4-14)9(10(15)16)7(5)3-13/h7H,(H,15,16). The summed E-state index contributed by atoms with van der Waals surface area (Å²) in [5.74, 6) is -2.81. The number of rotatable bonds is 1. The molecule has 0 aromatic heterocycles. The predicted molar refractivity (Wildman–Crippen MR) is 47.6 cm³/mol. The lowest BCUT2D eigenvalue weighted by atomic mass is 9.97. The third kappa shape index (κ3) is 1.28. The first-order chi connectivity index (χ1) is 7.62. The molecule has 0 bridgehead atoms. The minimum atomic E-state index is -1.47. The second-order valence-electron chi connectivity index (χ2n) is 2.78. The van der Waals surface area contributed by atoms with E-state index in [1.807, 2.05) is 0 Å². The summed E-state index contributed by atoms with van der Waals surface area (Å²) < 4.78 is 0. The van der Waals surface area contributed by atoms with Crippen molar-refractivity contribution < 1.29 is 9.90 Å². The third-order valence-corrected chi connectivity index (χ3v) is 2.07. The van der Waals surface area contributed by atoms with Crippen molar-refractivity contribution in [2.45, 2.75) is 0 Å². The number of hydrogen-bond acceptors (Lipinski definition) is 5. The molecule has 1 rings (SSSR count). The Balaban J connectivity index is 3.63. The monoisotopic (exact) mass is 210 g/mol. The maximum Gasteiger partial charge on any atom is 0.334 e. The van der Waals surface area contributed by atoms with Gasteiger partial charge in [0, 0.05) is 0 Å². The van der Waals surface area contributed by atoms with Crippen molar-refractivity contribution in [3.63, 3.8) is 0 Å². The number of hydrogen-bond donors (Lipinski definition) is 1. The molecule has 16 heavy (non-hydrogen) atoms. The van der Waals surface area contributed by atoms with Gasteiger partial charge in [-0.05, 0) is 0 Å². The Morgan fingerprint density at radius 1 is 1.06 bits per heavy atom. The van der Waals surface area contributed by atoms with E-state index in [0.717, 1.165) is 0 Å². The molecule has 74 valence electrons. The molecule has 0 saturated carbocycles. The van der Waals surface area contributed by atoms with Gasteiger partial charge in [-0.25, -0.2) is 4.79 Å². The Bertz CT molecular complexity index is 599. The predicted octanol–water partition coefficient (Wildman–Crippen LogP) is 0.388. The largest absolute Gasteiger partial charge is 0.478 e. The molecular weight excluding hydrogens is 208 g/mol.